The highest BCUT2D eigenvalue weighted by Gasteiger charge is 2.12. The highest BCUT2D eigenvalue weighted by molar-refractivity contribution is 5.97. The highest BCUT2D eigenvalue weighted by atomic mass is 16.5. The van der Waals surface area contributed by atoms with Crippen molar-refractivity contribution in [3.8, 4) is 5.75 Å². The van der Waals surface area contributed by atoms with Crippen molar-refractivity contribution in [2.75, 3.05) is 6.61 Å². The normalized spacial score (nSPS) is 10.6. The third-order valence-electron chi connectivity index (χ3n) is 3.26. The Hall–Kier alpha value is -2.10. The minimum absolute atomic E-state index is 0.0894. The summed E-state index contributed by atoms with van der Waals surface area (Å²) in [6.07, 6.45) is 1.32. The van der Waals surface area contributed by atoms with Gasteiger partial charge < -0.3 is 4.74 Å². The smallest absolute Gasteiger partial charge is 0.168 e. The summed E-state index contributed by atoms with van der Waals surface area (Å²) in [5.74, 6) is 0.842. The van der Waals surface area contributed by atoms with Crippen LogP contribution in [0.1, 0.15) is 42.0 Å². The summed E-state index contributed by atoms with van der Waals surface area (Å²) in [4.78, 5) is 12.4. The Bertz CT molecular complexity index is 617. The lowest BCUT2D eigenvalue weighted by molar-refractivity contribution is 0.0990. The molecule has 4 heteroatoms. The Kier molecular flexibility index (Phi) is 5.14. The van der Waals surface area contributed by atoms with Gasteiger partial charge in [-0.2, -0.15) is 5.10 Å². The fourth-order valence-corrected chi connectivity index (χ4v) is 2.26. The zero-order valence-corrected chi connectivity index (χ0v) is 12.9. The molecule has 4 nitrogen and oxygen atoms in total. The van der Waals surface area contributed by atoms with Gasteiger partial charge in [0, 0.05) is 17.8 Å². The summed E-state index contributed by atoms with van der Waals surface area (Å²) < 4.78 is 7.46. The standard InChI is InChI=1S/C17H22N2O2/c1-4-9-21-16-8-6-7-14(11-16)17(20)12-15-10-13(3)18-19(15)5-2/h6-8,10-11H,4-5,9,12H2,1-3H3. The van der Waals surface area contributed by atoms with Gasteiger partial charge in [0.25, 0.3) is 0 Å². The SMILES string of the molecule is CCCOc1cccc(C(=O)Cc2cc(C)nn2CC)c1. The third kappa shape index (κ3) is 3.94. The Balaban J connectivity index is 2.12. The van der Waals surface area contributed by atoms with E-state index in [0.717, 1.165) is 30.1 Å². The van der Waals surface area contributed by atoms with E-state index in [-0.39, 0.29) is 5.78 Å². The zero-order chi connectivity index (χ0) is 15.2. The van der Waals surface area contributed by atoms with Crippen molar-refractivity contribution in [3.63, 3.8) is 0 Å². The molecule has 0 aliphatic carbocycles. The number of hydrogen-bond acceptors (Lipinski definition) is 3. The molecule has 0 fully saturated rings. The van der Waals surface area contributed by atoms with Crippen LogP contribution >= 0.6 is 0 Å². The van der Waals surface area contributed by atoms with E-state index in [0.29, 0.717) is 18.6 Å². The number of aryl methyl sites for hydroxylation is 2. The molecule has 2 rings (SSSR count). The molecule has 112 valence electrons. The van der Waals surface area contributed by atoms with Crippen LogP contribution in [0.2, 0.25) is 0 Å². The molecule has 21 heavy (non-hydrogen) atoms. The average Bonchev–Trinajstić information content (AvgIpc) is 2.85. The van der Waals surface area contributed by atoms with Gasteiger partial charge in [-0.25, -0.2) is 0 Å². The molecule has 0 amide bonds. The molecular weight excluding hydrogens is 264 g/mol. The molecule has 0 unspecified atom stereocenters. The first kappa shape index (κ1) is 15.3. The topological polar surface area (TPSA) is 44.1 Å². The number of Topliss-reactive ketones (excluding diaryl/α,β-unsaturated/α-hetero) is 1. The minimum atomic E-state index is 0.0894. The van der Waals surface area contributed by atoms with E-state index in [9.17, 15) is 4.79 Å². The number of benzene rings is 1. The summed E-state index contributed by atoms with van der Waals surface area (Å²) in [5, 5.41) is 4.37. The maximum absolute atomic E-state index is 12.4. The second-order valence-electron chi connectivity index (χ2n) is 5.07. The van der Waals surface area contributed by atoms with Gasteiger partial charge in [-0.15, -0.1) is 0 Å². The maximum atomic E-state index is 12.4. The lowest BCUT2D eigenvalue weighted by atomic mass is 10.1. The Morgan fingerprint density at radius 2 is 2.10 bits per heavy atom. The maximum Gasteiger partial charge on any atom is 0.168 e. The van der Waals surface area contributed by atoms with Gasteiger partial charge in [0.15, 0.2) is 5.78 Å². The van der Waals surface area contributed by atoms with Crippen LogP contribution in [0.4, 0.5) is 0 Å². The van der Waals surface area contributed by atoms with Crippen LogP contribution in [0.5, 0.6) is 5.75 Å². The quantitative estimate of drug-likeness (QED) is 0.732. The lowest BCUT2D eigenvalue weighted by Crippen LogP contribution is -2.10. The van der Waals surface area contributed by atoms with E-state index in [2.05, 4.69) is 12.0 Å². The number of hydrogen-bond donors (Lipinski definition) is 0. The van der Waals surface area contributed by atoms with Crippen LogP contribution < -0.4 is 4.74 Å². The van der Waals surface area contributed by atoms with Crippen molar-refractivity contribution >= 4 is 5.78 Å². The number of ether oxygens (including phenoxy) is 1. The summed E-state index contributed by atoms with van der Waals surface area (Å²) in [5.41, 5.74) is 2.59. The monoisotopic (exact) mass is 286 g/mol. The average molecular weight is 286 g/mol. The minimum Gasteiger partial charge on any atom is -0.494 e. The largest absolute Gasteiger partial charge is 0.494 e. The summed E-state index contributed by atoms with van der Waals surface area (Å²) >= 11 is 0. The molecule has 0 aliphatic heterocycles. The van der Waals surface area contributed by atoms with Gasteiger partial charge in [0.05, 0.1) is 18.7 Å². The van der Waals surface area contributed by atoms with Gasteiger partial charge >= 0.3 is 0 Å². The van der Waals surface area contributed by atoms with Gasteiger partial charge in [-0.3, -0.25) is 9.48 Å². The molecule has 0 saturated carbocycles. The first-order valence-corrected chi connectivity index (χ1v) is 7.43. The zero-order valence-electron chi connectivity index (χ0n) is 12.9. The first-order valence-electron chi connectivity index (χ1n) is 7.43. The number of nitrogens with zero attached hydrogens (tertiary/aromatic N) is 2. The van der Waals surface area contributed by atoms with Gasteiger partial charge in [-0.05, 0) is 38.5 Å². The molecule has 1 aromatic carbocycles. The third-order valence-corrected chi connectivity index (χ3v) is 3.26. The van der Waals surface area contributed by atoms with Gasteiger partial charge in [0.1, 0.15) is 5.75 Å². The molecule has 1 heterocycles. The highest BCUT2D eigenvalue weighted by Crippen LogP contribution is 2.16. The molecule has 0 spiro atoms. The number of carbonyl (C=O) groups excluding carboxylic acids is 1. The molecular formula is C17H22N2O2. The number of aromatic nitrogens is 2. The Morgan fingerprint density at radius 1 is 1.29 bits per heavy atom. The van der Waals surface area contributed by atoms with E-state index in [1.54, 1.807) is 0 Å². The molecule has 1 aromatic heterocycles. The van der Waals surface area contributed by atoms with Crippen LogP contribution in [0.25, 0.3) is 0 Å². The summed E-state index contributed by atoms with van der Waals surface area (Å²) in [7, 11) is 0. The van der Waals surface area contributed by atoms with Crippen molar-refractivity contribution in [1.29, 1.82) is 0 Å². The van der Waals surface area contributed by atoms with E-state index in [1.807, 2.05) is 48.9 Å². The van der Waals surface area contributed by atoms with Crippen LogP contribution in [-0.2, 0) is 13.0 Å². The summed E-state index contributed by atoms with van der Waals surface area (Å²) in [6.45, 7) is 7.47. The van der Waals surface area contributed by atoms with Crippen molar-refractivity contribution in [3.05, 3.63) is 47.3 Å². The van der Waals surface area contributed by atoms with Crippen LogP contribution in [0.3, 0.4) is 0 Å². The molecule has 0 N–H and O–H groups in total. The number of ketones is 1. The van der Waals surface area contributed by atoms with Crippen LogP contribution in [-0.4, -0.2) is 22.2 Å². The lowest BCUT2D eigenvalue weighted by Gasteiger charge is -2.07. The van der Waals surface area contributed by atoms with Crippen molar-refractivity contribution in [1.82, 2.24) is 9.78 Å². The van der Waals surface area contributed by atoms with Crippen molar-refractivity contribution in [2.45, 2.75) is 40.2 Å². The fraction of sp³-hybridized carbons (Fsp3) is 0.412. The molecule has 0 radical (unpaired) electrons. The van der Waals surface area contributed by atoms with Crippen LogP contribution in [0.15, 0.2) is 30.3 Å². The predicted octanol–water partition coefficient (Wildman–Crippen LogP) is 3.43. The van der Waals surface area contributed by atoms with E-state index >= 15 is 0 Å². The second-order valence-corrected chi connectivity index (χ2v) is 5.07. The molecule has 0 atom stereocenters. The Labute approximate surface area is 125 Å². The molecule has 0 saturated heterocycles. The Morgan fingerprint density at radius 3 is 2.81 bits per heavy atom. The van der Waals surface area contributed by atoms with Crippen molar-refractivity contribution < 1.29 is 9.53 Å². The van der Waals surface area contributed by atoms with Crippen molar-refractivity contribution in [2.24, 2.45) is 0 Å². The molecule has 2 aromatic rings. The van der Waals surface area contributed by atoms with E-state index < -0.39 is 0 Å². The van der Waals surface area contributed by atoms with Gasteiger partial charge in [-0.1, -0.05) is 19.1 Å². The van der Waals surface area contributed by atoms with Crippen LogP contribution in [0, 0.1) is 6.92 Å². The molecule has 0 aliphatic rings. The number of carbonyl (C=O) groups is 1. The molecule has 0 bridgehead atoms. The fourth-order valence-electron chi connectivity index (χ4n) is 2.26. The van der Waals surface area contributed by atoms with E-state index in [1.165, 1.54) is 0 Å². The second kappa shape index (κ2) is 7.07. The predicted molar refractivity (Wildman–Crippen MR) is 82.9 cm³/mol. The first-order chi connectivity index (χ1) is 10.1. The number of rotatable bonds is 7. The van der Waals surface area contributed by atoms with E-state index in [4.69, 9.17) is 4.74 Å². The summed E-state index contributed by atoms with van der Waals surface area (Å²) in [6, 6.07) is 9.37. The van der Waals surface area contributed by atoms with Gasteiger partial charge in [0.2, 0.25) is 0 Å².